The van der Waals surface area contributed by atoms with Crippen molar-refractivity contribution in [3.05, 3.63) is 12.7 Å². The second kappa shape index (κ2) is 6.33. The zero-order valence-electron chi connectivity index (χ0n) is 13.4. The van der Waals surface area contributed by atoms with Gasteiger partial charge in [-0.3, -0.25) is 4.57 Å². The van der Waals surface area contributed by atoms with E-state index in [1.165, 1.54) is 19.8 Å². The van der Waals surface area contributed by atoms with Gasteiger partial charge in [0.2, 0.25) is 5.60 Å². The molecule has 2 aromatic rings. The van der Waals surface area contributed by atoms with Crippen molar-refractivity contribution in [1.82, 2.24) is 19.5 Å². The van der Waals surface area contributed by atoms with Crippen molar-refractivity contribution in [1.29, 1.82) is 0 Å². The van der Waals surface area contributed by atoms with Crippen LogP contribution in [0.2, 0.25) is 0 Å². The van der Waals surface area contributed by atoms with Gasteiger partial charge in [-0.1, -0.05) is 5.92 Å². The first-order chi connectivity index (χ1) is 11.6. The maximum Gasteiger partial charge on any atom is 0.202 e. The highest BCUT2D eigenvalue weighted by molar-refractivity contribution is 5.81. The van der Waals surface area contributed by atoms with Gasteiger partial charge in [-0.15, -0.1) is 6.42 Å². The fourth-order valence-corrected chi connectivity index (χ4v) is 3.12. The summed E-state index contributed by atoms with van der Waals surface area (Å²) in [5.74, 6) is 2.91. The van der Waals surface area contributed by atoms with Gasteiger partial charge in [0.1, 0.15) is 24.1 Å². The Bertz CT molecular complexity index is 773. The number of hydrogen-bond donors (Lipinski definition) is 2. The Balaban J connectivity index is 2.16. The minimum atomic E-state index is -1.25. The normalized spacial score (nSPS) is 29.8. The summed E-state index contributed by atoms with van der Waals surface area (Å²) in [5, 5.41) is 9.64. The van der Waals surface area contributed by atoms with E-state index < -0.39 is 24.0 Å². The monoisotopic (exact) mass is 333 g/mol. The zero-order valence-corrected chi connectivity index (χ0v) is 13.4. The lowest BCUT2D eigenvalue weighted by atomic mass is 9.94. The Labute approximate surface area is 138 Å². The molecule has 1 fully saturated rings. The number of aromatic nitrogens is 4. The third kappa shape index (κ3) is 2.23. The maximum atomic E-state index is 9.64. The zero-order chi connectivity index (χ0) is 17.3. The molecule has 0 spiro atoms. The van der Waals surface area contributed by atoms with Crippen LogP contribution in [0.1, 0.15) is 13.2 Å². The van der Waals surface area contributed by atoms with Crippen LogP contribution < -0.4 is 5.73 Å². The van der Waals surface area contributed by atoms with Crippen molar-refractivity contribution in [2.75, 3.05) is 26.1 Å². The Morgan fingerprint density at radius 3 is 2.92 bits per heavy atom. The molecule has 3 heterocycles. The van der Waals surface area contributed by atoms with Crippen LogP contribution in [0.3, 0.4) is 0 Å². The number of imidazole rings is 1. The number of rotatable bonds is 5. The van der Waals surface area contributed by atoms with E-state index in [-0.39, 0.29) is 12.4 Å². The number of aliphatic hydroxyl groups excluding tert-OH is 1. The number of aliphatic hydroxyl groups is 1. The van der Waals surface area contributed by atoms with E-state index in [9.17, 15) is 5.11 Å². The van der Waals surface area contributed by atoms with Crippen LogP contribution in [0, 0.1) is 12.3 Å². The molecule has 0 aromatic carbocycles. The summed E-state index contributed by atoms with van der Waals surface area (Å²) in [5.41, 5.74) is 5.48. The van der Waals surface area contributed by atoms with Gasteiger partial charge in [-0.25, -0.2) is 15.0 Å². The fourth-order valence-electron chi connectivity index (χ4n) is 3.12. The first-order valence-corrected chi connectivity index (χ1v) is 7.46. The highest BCUT2D eigenvalue weighted by atomic mass is 16.6. The number of fused-ring (bicyclic) bond motifs is 1. The van der Waals surface area contributed by atoms with Crippen LogP contribution in [0.25, 0.3) is 11.2 Å². The lowest BCUT2D eigenvalue weighted by Crippen LogP contribution is -2.49. The predicted molar refractivity (Wildman–Crippen MR) is 84.7 cm³/mol. The third-order valence-electron chi connectivity index (χ3n) is 4.11. The molecule has 4 unspecified atom stereocenters. The van der Waals surface area contributed by atoms with Crippen molar-refractivity contribution < 1.29 is 19.3 Å². The van der Waals surface area contributed by atoms with Crippen LogP contribution in [-0.4, -0.2) is 62.8 Å². The van der Waals surface area contributed by atoms with Gasteiger partial charge in [0, 0.05) is 13.7 Å². The first kappa shape index (κ1) is 16.6. The van der Waals surface area contributed by atoms with Crippen LogP contribution in [0.5, 0.6) is 0 Å². The number of hydrogen-bond acceptors (Lipinski definition) is 8. The average Bonchev–Trinajstić information content (AvgIpc) is 3.15. The standard InChI is InChI=1S/C15H19N5O4/c1-4-15(23-5-2)11(22-3)9(6-21)24-14(15)20-8-19-10-12(16)17-7-18-13(10)20/h1,7-9,11,14,21H,5-6H2,2-3H3,(H2,16,17,18). The largest absolute Gasteiger partial charge is 0.394 e. The number of nitrogens with two attached hydrogens (primary N) is 1. The van der Waals surface area contributed by atoms with Gasteiger partial charge >= 0.3 is 0 Å². The predicted octanol–water partition coefficient (Wildman–Crippen LogP) is -0.278. The van der Waals surface area contributed by atoms with Crippen LogP contribution in [0.4, 0.5) is 5.82 Å². The molecule has 3 N–H and O–H groups in total. The van der Waals surface area contributed by atoms with E-state index in [1.54, 1.807) is 4.57 Å². The molecular weight excluding hydrogens is 314 g/mol. The lowest BCUT2D eigenvalue weighted by Gasteiger charge is -2.33. The van der Waals surface area contributed by atoms with Crippen LogP contribution >= 0.6 is 0 Å². The molecule has 9 heteroatoms. The summed E-state index contributed by atoms with van der Waals surface area (Å²) in [7, 11) is 1.50. The lowest BCUT2D eigenvalue weighted by molar-refractivity contribution is -0.115. The molecule has 0 bridgehead atoms. The highest BCUT2D eigenvalue weighted by Crippen LogP contribution is 2.43. The van der Waals surface area contributed by atoms with E-state index in [1.807, 2.05) is 6.92 Å². The van der Waals surface area contributed by atoms with E-state index >= 15 is 0 Å². The Hall–Kier alpha value is -2.25. The SMILES string of the molecule is C#CC1(OCC)C(OC)C(CO)OC1n1cnc2c(N)ncnc21. The van der Waals surface area contributed by atoms with Crippen molar-refractivity contribution in [2.24, 2.45) is 0 Å². The average molecular weight is 333 g/mol. The quantitative estimate of drug-likeness (QED) is 0.718. The van der Waals surface area contributed by atoms with Gasteiger partial charge in [-0.05, 0) is 6.92 Å². The molecule has 1 saturated heterocycles. The molecular formula is C15H19N5O4. The van der Waals surface area contributed by atoms with Gasteiger partial charge in [0.05, 0.1) is 12.9 Å². The molecule has 1 aliphatic rings. The van der Waals surface area contributed by atoms with Crippen LogP contribution in [-0.2, 0) is 14.2 Å². The summed E-state index contributed by atoms with van der Waals surface area (Å²) in [6, 6.07) is 0. The van der Waals surface area contributed by atoms with Crippen molar-refractivity contribution in [3.8, 4) is 12.3 Å². The minimum absolute atomic E-state index is 0.251. The Kier molecular flexibility index (Phi) is 4.38. The second-order valence-electron chi connectivity index (χ2n) is 5.32. The molecule has 1 aliphatic heterocycles. The van der Waals surface area contributed by atoms with E-state index in [2.05, 4.69) is 20.9 Å². The Morgan fingerprint density at radius 1 is 1.50 bits per heavy atom. The molecule has 2 aromatic heterocycles. The summed E-state index contributed by atoms with van der Waals surface area (Å²) in [4.78, 5) is 12.4. The van der Waals surface area contributed by atoms with Gasteiger partial charge in [0.15, 0.2) is 17.7 Å². The molecule has 0 aliphatic carbocycles. The number of ether oxygens (including phenoxy) is 3. The topological polar surface area (TPSA) is 118 Å². The molecule has 0 radical (unpaired) electrons. The Morgan fingerprint density at radius 2 is 2.29 bits per heavy atom. The van der Waals surface area contributed by atoms with Crippen molar-refractivity contribution in [3.63, 3.8) is 0 Å². The number of methoxy groups -OCH3 is 1. The molecule has 0 amide bonds. The van der Waals surface area contributed by atoms with E-state index in [0.717, 1.165) is 0 Å². The van der Waals surface area contributed by atoms with E-state index in [0.29, 0.717) is 17.8 Å². The molecule has 4 atom stereocenters. The van der Waals surface area contributed by atoms with E-state index in [4.69, 9.17) is 26.4 Å². The molecule has 0 saturated carbocycles. The molecule has 9 nitrogen and oxygen atoms in total. The number of nitrogens with zero attached hydrogens (tertiary/aromatic N) is 4. The molecule has 128 valence electrons. The van der Waals surface area contributed by atoms with Gasteiger partial charge in [-0.2, -0.15) is 0 Å². The van der Waals surface area contributed by atoms with Gasteiger partial charge < -0.3 is 25.1 Å². The highest BCUT2D eigenvalue weighted by Gasteiger charge is 2.58. The number of anilines is 1. The summed E-state index contributed by atoms with van der Waals surface area (Å²) < 4.78 is 18.9. The summed E-state index contributed by atoms with van der Waals surface area (Å²) >= 11 is 0. The van der Waals surface area contributed by atoms with Crippen LogP contribution in [0.15, 0.2) is 12.7 Å². The number of terminal acetylenes is 1. The smallest absolute Gasteiger partial charge is 0.202 e. The summed E-state index contributed by atoms with van der Waals surface area (Å²) in [6.45, 7) is 1.89. The minimum Gasteiger partial charge on any atom is -0.394 e. The first-order valence-electron chi connectivity index (χ1n) is 7.46. The van der Waals surface area contributed by atoms with Gasteiger partial charge in [0.25, 0.3) is 0 Å². The fraction of sp³-hybridized carbons (Fsp3) is 0.533. The molecule has 3 rings (SSSR count). The van der Waals surface area contributed by atoms with Crippen molar-refractivity contribution >= 4 is 17.0 Å². The maximum absolute atomic E-state index is 9.64. The number of nitrogen functional groups attached to an aromatic ring is 1. The van der Waals surface area contributed by atoms with Crippen molar-refractivity contribution in [2.45, 2.75) is 31.0 Å². The third-order valence-corrected chi connectivity index (χ3v) is 4.11. The molecule has 24 heavy (non-hydrogen) atoms. The summed E-state index contributed by atoms with van der Waals surface area (Å²) in [6.07, 6.45) is 6.55. The second-order valence-corrected chi connectivity index (χ2v) is 5.32.